The highest BCUT2D eigenvalue weighted by molar-refractivity contribution is 7.91. The third-order valence-corrected chi connectivity index (χ3v) is 6.30. The van der Waals surface area contributed by atoms with Crippen LogP contribution in [0.25, 0.3) is 10.9 Å². The topological polar surface area (TPSA) is 68.6 Å². The number of sulfone groups is 1. The molecule has 1 aliphatic rings. The summed E-state index contributed by atoms with van der Waals surface area (Å²) in [5, 5.41) is 0.948. The lowest BCUT2D eigenvalue weighted by Gasteiger charge is -2.23. The van der Waals surface area contributed by atoms with Crippen molar-refractivity contribution in [2.24, 2.45) is 7.05 Å². The van der Waals surface area contributed by atoms with Crippen LogP contribution < -0.4 is 4.74 Å². The first-order valence-electron chi connectivity index (χ1n) is 7.43. The van der Waals surface area contributed by atoms with Gasteiger partial charge in [0, 0.05) is 31.6 Å². The van der Waals surface area contributed by atoms with Gasteiger partial charge in [0.2, 0.25) is 0 Å². The minimum Gasteiger partial charge on any atom is -0.497 e. The zero-order chi connectivity index (χ0) is 16.8. The first kappa shape index (κ1) is 15.9. The Labute approximate surface area is 135 Å². The standard InChI is InChI=1S/C16H20N2O4S/c1-17(12-6-7-23(20,21)10-12)16(19)15-8-11-4-5-13(22-3)9-14(11)18(15)2/h4-5,8-9,12H,6-7,10H2,1-3H3. The molecule has 0 aliphatic carbocycles. The molecule has 124 valence electrons. The molecule has 0 spiro atoms. The molecule has 1 amide bonds. The summed E-state index contributed by atoms with van der Waals surface area (Å²) >= 11 is 0. The van der Waals surface area contributed by atoms with E-state index in [4.69, 9.17) is 4.74 Å². The number of rotatable bonds is 3. The largest absolute Gasteiger partial charge is 0.497 e. The minimum absolute atomic E-state index is 0.0486. The molecule has 6 nitrogen and oxygen atoms in total. The van der Waals surface area contributed by atoms with Crippen LogP contribution in [0.4, 0.5) is 0 Å². The van der Waals surface area contributed by atoms with E-state index < -0.39 is 9.84 Å². The Balaban J connectivity index is 1.93. The van der Waals surface area contributed by atoms with Crippen LogP contribution in [0.5, 0.6) is 5.75 Å². The number of aryl methyl sites for hydroxylation is 1. The Bertz CT molecular complexity index is 870. The van der Waals surface area contributed by atoms with Crippen molar-refractivity contribution in [3.05, 3.63) is 30.0 Å². The summed E-state index contributed by atoms with van der Waals surface area (Å²) in [6.45, 7) is 0. The van der Waals surface area contributed by atoms with E-state index >= 15 is 0 Å². The molecule has 1 aromatic carbocycles. The van der Waals surface area contributed by atoms with E-state index in [0.29, 0.717) is 12.1 Å². The van der Waals surface area contributed by atoms with E-state index in [9.17, 15) is 13.2 Å². The number of fused-ring (bicyclic) bond motifs is 1. The molecule has 1 aromatic heterocycles. The number of methoxy groups -OCH3 is 1. The number of ether oxygens (including phenoxy) is 1. The van der Waals surface area contributed by atoms with Crippen LogP contribution in [0.15, 0.2) is 24.3 Å². The number of carbonyl (C=O) groups excluding carboxylic acids is 1. The fraction of sp³-hybridized carbons (Fsp3) is 0.438. The molecule has 2 aromatic rings. The second kappa shape index (κ2) is 5.56. The highest BCUT2D eigenvalue weighted by Gasteiger charge is 2.33. The van der Waals surface area contributed by atoms with Gasteiger partial charge in [-0.2, -0.15) is 0 Å². The van der Waals surface area contributed by atoms with Crippen LogP contribution in [0, 0.1) is 0 Å². The van der Waals surface area contributed by atoms with Crippen LogP contribution in [0.2, 0.25) is 0 Å². The van der Waals surface area contributed by atoms with Crippen molar-refractivity contribution >= 4 is 26.6 Å². The summed E-state index contributed by atoms with van der Waals surface area (Å²) < 4.78 is 30.3. The SMILES string of the molecule is COc1ccc2cc(C(=O)N(C)C3CCS(=O)(=O)C3)n(C)c2c1. The Kier molecular flexibility index (Phi) is 3.83. The van der Waals surface area contributed by atoms with Gasteiger partial charge in [0.25, 0.3) is 5.91 Å². The predicted octanol–water partition coefficient (Wildman–Crippen LogP) is 1.45. The van der Waals surface area contributed by atoms with Gasteiger partial charge in [-0.05, 0) is 24.6 Å². The molecule has 1 atom stereocenters. The van der Waals surface area contributed by atoms with Gasteiger partial charge in [-0.1, -0.05) is 0 Å². The van der Waals surface area contributed by atoms with Gasteiger partial charge in [-0.3, -0.25) is 4.79 Å². The molecule has 23 heavy (non-hydrogen) atoms. The van der Waals surface area contributed by atoms with Gasteiger partial charge in [0.05, 0.1) is 24.1 Å². The third-order valence-electron chi connectivity index (χ3n) is 4.55. The van der Waals surface area contributed by atoms with Gasteiger partial charge in [0.1, 0.15) is 11.4 Å². The molecule has 1 fully saturated rings. The highest BCUT2D eigenvalue weighted by Crippen LogP contribution is 2.25. The molecular formula is C16H20N2O4S. The Hall–Kier alpha value is -2.02. The number of nitrogens with zero attached hydrogens (tertiary/aromatic N) is 2. The van der Waals surface area contributed by atoms with E-state index in [1.54, 1.807) is 19.1 Å². The number of amides is 1. The predicted molar refractivity (Wildman–Crippen MR) is 88.6 cm³/mol. The molecule has 1 unspecified atom stereocenters. The van der Waals surface area contributed by atoms with Crippen molar-refractivity contribution < 1.29 is 17.9 Å². The maximum atomic E-state index is 12.8. The summed E-state index contributed by atoms with van der Waals surface area (Å²) in [6, 6.07) is 7.22. The Morgan fingerprint density at radius 2 is 2.09 bits per heavy atom. The number of hydrogen-bond donors (Lipinski definition) is 0. The van der Waals surface area contributed by atoms with Crippen LogP contribution >= 0.6 is 0 Å². The summed E-state index contributed by atoms with van der Waals surface area (Å²) in [6.07, 6.45) is 0.502. The van der Waals surface area contributed by atoms with E-state index in [2.05, 4.69) is 0 Å². The molecular weight excluding hydrogens is 316 g/mol. The van der Waals surface area contributed by atoms with Crippen molar-refractivity contribution in [2.45, 2.75) is 12.5 Å². The normalized spacial score (nSPS) is 19.9. The first-order valence-corrected chi connectivity index (χ1v) is 9.25. The third kappa shape index (κ3) is 2.81. The fourth-order valence-corrected chi connectivity index (χ4v) is 4.84. The van der Waals surface area contributed by atoms with Crippen LogP contribution in [-0.4, -0.2) is 55.5 Å². The smallest absolute Gasteiger partial charge is 0.270 e. The number of benzene rings is 1. The Morgan fingerprint density at radius 3 is 2.70 bits per heavy atom. The van der Waals surface area contributed by atoms with Gasteiger partial charge >= 0.3 is 0 Å². The summed E-state index contributed by atoms with van der Waals surface area (Å²) in [5.74, 6) is 0.770. The molecule has 3 rings (SSSR count). The first-order chi connectivity index (χ1) is 10.8. The van der Waals surface area contributed by atoms with Crippen molar-refractivity contribution in [3.63, 3.8) is 0 Å². The van der Waals surface area contributed by atoms with Gasteiger partial charge in [-0.25, -0.2) is 8.42 Å². The monoisotopic (exact) mass is 336 g/mol. The molecule has 0 bridgehead atoms. The minimum atomic E-state index is -3.02. The quantitative estimate of drug-likeness (QED) is 0.851. The van der Waals surface area contributed by atoms with Crippen LogP contribution in [0.1, 0.15) is 16.9 Å². The van der Waals surface area contributed by atoms with Crippen LogP contribution in [-0.2, 0) is 16.9 Å². The summed E-state index contributed by atoms with van der Waals surface area (Å²) in [5.41, 5.74) is 1.44. The second-order valence-electron chi connectivity index (χ2n) is 5.99. The van der Waals surface area contributed by atoms with E-state index in [1.165, 1.54) is 0 Å². The van der Waals surface area contributed by atoms with Crippen molar-refractivity contribution in [2.75, 3.05) is 25.7 Å². The number of carbonyl (C=O) groups is 1. The van der Waals surface area contributed by atoms with Gasteiger partial charge in [0.15, 0.2) is 9.84 Å². The van der Waals surface area contributed by atoms with Gasteiger partial charge < -0.3 is 14.2 Å². The summed E-state index contributed by atoms with van der Waals surface area (Å²) in [7, 11) is 2.08. The lowest BCUT2D eigenvalue weighted by molar-refractivity contribution is 0.0738. The lowest BCUT2D eigenvalue weighted by Crippen LogP contribution is -2.38. The number of aromatic nitrogens is 1. The van der Waals surface area contributed by atoms with E-state index in [1.807, 2.05) is 35.9 Å². The molecule has 1 aliphatic heterocycles. The second-order valence-corrected chi connectivity index (χ2v) is 8.21. The maximum absolute atomic E-state index is 12.8. The fourth-order valence-electron chi connectivity index (χ4n) is 3.07. The molecule has 0 saturated carbocycles. The van der Waals surface area contributed by atoms with Crippen LogP contribution in [0.3, 0.4) is 0 Å². The summed E-state index contributed by atoms with van der Waals surface area (Å²) in [4.78, 5) is 14.3. The van der Waals surface area contributed by atoms with Gasteiger partial charge in [-0.15, -0.1) is 0 Å². The maximum Gasteiger partial charge on any atom is 0.270 e. The average molecular weight is 336 g/mol. The van der Waals surface area contributed by atoms with E-state index in [0.717, 1.165) is 16.7 Å². The lowest BCUT2D eigenvalue weighted by atomic mass is 10.2. The van der Waals surface area contributed by atoms with Crippen molar-refractivity contribution in [3.8, 4) is 5.75 Å². The highest BCUT2D eigenvalue weighted by atomic mass is 32.2. The van der Waals surface area contributed by atoms with Crippen molar-refractivity contribution in [1.82, 2.24) is 9.47 Å². The van der Waals surface area contributed by atoms with E-state index in [-0.39, 0.29) is 23.5 Å². The Morgan fingerprint density at radius 1 is 1.35 bits per heavy atom. The zero-order valence-electron chi connectivity index (χ0n) is 13.4. The molecule has 0 N–H and O–H groups in total. The molecule has 2 heterocycles. The zero-order valence-corrected chi connectivity index (χ0v) is 14.3. The molecule has 1 saturated heterocycles. The average Bonchev–Trinajstić information content (AvgIpc) is 3.05. The van der Waals surface area contributed by atoms with Crippen molar-refractivity contribution in [1.29, 1.82) is 0 Å². The number of hydrogen-bond acceptors (Lipinski definition) is 4. The molecule has 7 heteroatoms. The molecule has 0 radical (unpaired) electrons.